The Hall–Kier alpha value is -2.08. The molecule has 4 N–H and O–H groups in total. The fraction of sp³-hybridized carbons (Fsp3) is 0.429. The largest absolute Gasteiger partial charge is 0.383 e. The van der Waals surface area contributed by atoms with E-state index in [0.29, 0.717) is 31.2 Å². The third-order valence-electron chi connectivity index (χ3n) is 2.53. The number of benzene rings is 1. The van der Waals surface area contributed by atoms with E-state index in [1.54, 1.807) is 19.2 Å². The molecule has 1 aromatic carbocycles. The second-order valence-electron chi connectivity index (χ2n) is 4.39. The van der Waals surface area contributed by atoms with E-state index >= 15 is 0 Å². The van der Waals surface area contributed by atoms with Crippen LogP contribution in [0.5, 0.6) is 0 Å². The summed E-state index contributed by atoms with van der Waals surface area (Å²) < 4.78 is 4.98. The number of ether oxygens (including phenoxy) is 1. The Labute approximate surface area is 119 Å². The molecule has 1 atom stereocenters. The number of nitrogens with zero attached hydrogens (tertiary/aromatic N) is 1. The lowest BCUT2D eigenvalue weighted by Gasteiger charge is -2.13. The Balaban J connectivity index is 2.25. The van der Waals surface area contributed by atoms with Gasteiger partial charge in [-0.3, -0.25) is 9.79 Å². The zero-order valence-corrected chi connectivity index (χ0v) is 11.9. The van der Waals surface area contributed by atoms with E-state index in [9.17, 15) is 4.79 Å². The summed E-state index contributed by atoms with van der Waals surface area (Å²) in [5, 5.41) is 5.77. The third kappa shape index (κ3) is 6.19. The van der Waals surface area contributed by atoms with Crippen molar-refractivity contribution in [3.05, 3.63) is 35.9 Å². The van der Waals surface area contributed by atoms with Crippen LogP contribution in [-0.4, -0.2) is 44.7 Å². The van der Waals surface area contributed by atoms with Crippen LogP contribution in [0, 0.1) is 0 Å². The number of carbonyl (C=O) groups excluding carboxylic acids is 1. The summed E-state index contributed by atoms with van der Waals surface area (Å²) in [4.78, 5) is 15.9. The summed E-state index contributed by atoms with van der Waals surface area (Å²) in [7, 11) is 1.63. The predicted molar refractivity (Wildman–Crippen MR) is 79.7 cm³/mol. The van der Waals surface area contributed by atoms with Crippen LogP contribution in [0.1, 0.15) is 17.3 Å². The molecule has 20 heavy (non-hydrogen) atoms. The smallest absolute Gasteiger partial charge is 0.251 e. The Bertz CT molecular complexity index is 434. The lowest BCUT2D eigenvalue weighted by molar-refractivity contribution is 0.0955. The summed E-state index contributed by atoms with van der Waals surface area (Å²) in [5.74, 6) is 0.239. The van der Waals surface area contributed by atoms with Crippen molar-refractivity contribution in [3.63, 3.8) is 0 Å². The molecule has 110 valence electrons. The van der Waals surface area contributed by atoms with Crippen molar-refractivity contribution in [2.45, 2.75) is 13.0 Å². The second-order valence-corrected chi connectivity index (χ2v) is 4.39. The molecule has 0 aliphatic rings. The Morgan fingerprint density at radius 3 is 2.75 bits per heavy atom. The van der Waals surface area contributed by atoms with Gasteiger partial charge in [0.1, 0.15) is 0 Å². The van der Waals surface area contributed by atoms with Crippen LogP contribution in [0.4, 0.5) is 0 Å². The molecular weight excluding hydrogens is 256 g/mol. The molecule has 1 rings (SSSR count). The summed E-state index contributed by atoms with van der Waals surface area (Å²) in [6.07, 6.45) is 0. The van der Waals surface area contributed by atoms with Crippen molar-refractivity contribution in [2.24, 2.45) is 10.7 Å². The van der Waals surface area contributed by atoms with Gasteiger partial charge in [0.15, 0.2) is 5.96 Å². The van der Waals surface area contributed by atoms with Crippen molar-refractivity contribution in [2.75, 3.05) is 26.8 Å². The van der Waals surface area contributed by atoms with E-state index in [-0.39, 0.29) is 11.9 Å². The topological polar surface area (TPSA) is 88.7 Å². The SMILES string of the molecule is COCC(C)NC(N)=NCCNC(=O)c1ccccc1. The average Bonchev–Trinajstić information content (AvgIpc) is 2.44. The van der Waals surface area contributed by atoms with Gasteiger partial charge in [0, 0.05) is 25.3 Å². The predicted octanol–water partition coefficient (Wildman–Crippen LogP) is 0.356. The number of hydrogen-bond acceptors (Lipinski definition) is 3. The molecule has 0 aliphatic heterocycles. The lowest BCUT2D eigenvalue weighted by atomic mass is 10.2. The Morgan fingerprint density at radius 2 is 2.10 bits per heavy atom. The zero-order valence-electron chi connectivity index (χ0n) is 11.9. The Morgan fingerprint density at radius 1 is 1.40 bits per heavy atom. The van der Waals surface area contributed by atoms with Crippen molar-refractivity contribution >= 4 is 11.9 Å². The molecule has 6 nitrogen and oxygen atoms in total. The second kappa shape index (κ2) is 8.92. The quantitative estimate of drug-likeness (QED) is 0.381. The van der Waals surface area contributed by atoms with Crippen LogP contribution in [0.3, 0.4) is 0 Å². The van der Waals surface area contributed by atoms with Gasteiger partial charge in [-0.1, -0.05) is 18.2 Å². The van der Waals surface area contributed by atoms with Crippen LogP contribution in [0.25, 0.3) is 0 Å². The van der Waals surface area contributed by atoms with E-state index in [1.165, 1.54) is 0 Å². The normalized spacial score (nSPS) is 12.8. The Kier molecular flexibility index (Phi) is 7.13. The van der Waals surface area contributed by atoms with E-state index in [4.69, 9.17) is 10.5 Å². The number of carbonyl (C=O) groups is 1. The van der Waals surface area contributed by atoms with Gasteiger partial charge in [0.25, 0.3) is 5.91 Å². The molecule has 1 amide bonds. The number of methoxy groups -OCH3 is 1. The third-order valence-corrected chi connectivity index (χ3v) is 2.53. The first-order valence-corrected chi connectivity index (χ1v) is 6.52. The molecule has 0 fully saturated rings. The monoisotopic (exact) mass is 278 g/mol. The zero-order chi connectivity index (χ0) is 14.8. The number of nitrogens with two attached hydrogens (primary N) is 1. The standard InChI is InChI=1S/C14H22N4O2/c1-11(10-20-2)18-14(15)17-9-8-16-13(19)12-6-4-3-5-7-12/h3-7,11H,8-10H2,1-2H3,(H,16,19)(H3,15,17,18). The summed E-state index contributed by atoms with van der Waals surface area (Å²) >= 11 is 0. The van der Waals surface area contributed by atoms with Gasteiger partial charge in [0.05, 0.1) is 13.2 Å². The molecule has 0 heterocycles. The average molecular weight is 278 g/mol. The summed E-state index contributed by atoms with van der Waals surface area (Å²) in [5.41, 5.74) is 6.34. The van der Waals surface area contributed by atoms with Gasteiger partial charge in [-0.25, -0.2) is 0 Å². The van der Waals surface area contributed by atoms with Crippen molar-refractivity contribution in [1.29, 1.82) is 0 Å². The fourth-order valence-corrected chi connectivity index (χ4v) is 1.63. The molecule has 0 saturated heterocycles. The number of aliphatic imine (C=N–C) groups is 1. The van der Waals surface area contributed by atoms with Crippen molar-refractivity contribution < 1.29 is 9.53 Å². The highest BCUT2D eigenvalue weighted by Gasteiger charge is 2.03. The molecule has 0 spiro atoms. The van der Waals surface area contributed by atoms with Crippen LogP contribution in [0.15, 0.2) is 35.3 Å². The maximum absolute atomic E-state index is 11.7. The summed E-state index contributed by atoms with van der Waals surface area (Å²) in [6.45, 7) is 3.37. The van der Waals surface area contributed by atoms with Gasteiger partial charge < -0.3 is 21.1 Å². The minimum atomic E-state index is -0.111. The highest BCUT2D eigenvalue weighted by Crippen LogP contribution is 1.97. The molecule has 0 bridgehead atoms. The molecule has 0 radical (unpaired) electrons. The first-order chi connectivity index (χ1) is 9.63. The van der Waals surface area contributed by atoms with Crippen LogP contribution in [0.2, 0.25) is 0 Å². The van der Waals surface area contributed by atoms with Gasteiger partial charge in [-0.05, 0) is 19.1 Å². The molecule has 1 aromatic rings. The van der Waals surface area contributed by atoms with Gasteiger partial charge in [-0.2, -0.15) is 0 Å². The maximum Gasteiger partial charge on any atom is 0.251 e. The maximum atomic E-state index is 11.7. The van der Waals surface area contributed by atoms with Gasteiger partial charge >= 0.3 is 0 Å². The highest BCUT2D eigenvalue weighted by molar-refractivity contribution is 5.94. The van der Waals surface area contributed by atoms with Crippen LogP contribution < -0.4 is 16.4 Å². The number of hydrogen-bond donors (Lipinski definition) is 3. The van der Waals surface area contributed by atoms with E-state index in [1.807, 2.05) is 25.1 Å². The van der Waals surface area contributed by atoms with Crippen molar-refractivity contribution in [1.82, 2.24) is 10.6 Å². The number of guanidine groups is 1. The number of amides is 1. The van der Waals surface area contributed by atoms with E-state index in [2.05, 4.69) is 15.6 Å². The number of rotatable bonds is 7. The van der Waals surface area contributed by atoms with Crippen molar-refractivity contribution in [3.8, 4) is 0 Å². The van der Waals surface area contributed by atoms with E-state index in [0.717, 1.165) is 0 Å². The minimum absolute atomic E-state index is 0.0997. The minimum Gasteiger partial charge on any atom is -0.383 e. The summed E-state index contributed by atoms with van der Waals surface area (Å²) in [6, 6.07) is 9.15. The fourth-order valence-electron chi connectivity index (χ4n) is 1.63. The van der Waals surface area contributed by atoms with Gasteiger partial charge in [0.2, 0.25) is 0 Å². The molecule has 0 saturated carbocycles. The van der Waals surface area contributed by atoms with E-state index < -0.39 is 0 Å². The molecule has 0 aliphatic carbocycles. The molecular formula is C14H22N4O2. The highest BCUT2D eigenvalue weighted by atomic mass is 16.5. The van der Waals surface area contributed by atoms with Crippen LogP contribution in [-0.2, 0) is 4.74 Å². The lowest BCUT2D eigenvalue weighted by Crippen LogP contribution is -2.41. The first kappa shape index (κ1) is 16.0. The molecule has 0 aromatic heterocycles. The van der Waals surface area contributed by atoms with Gasteiger partial charge in [-0.15, -0.1) is 0 Å². The number of nitrogens with one attached hydrogen (secondary N) is 2. The van der Waals surface area contributed by atoms with Crippen LogP contribution >= 0.6 is 0 Å². The molecule has 6 heteroatoms. The molecule has 1 unspecified atom stereocenters. The first-order valence-electron chi connectivity index (χ1n) is 6.52.